The largest absolute Gasteiger partial charge is 0.362 e. The molecule has 0 saturated carbocycles. The van der Waals surface area contributed by atoms with E-state index in [4.69, 9.17) is 0 Å². The predicted molar refractivity (Wildman–Crippen MR) is 63.1 cm³/mol. The fourth-order valence-electron chi connectivity index (χ4n) is 1.95. The third-order valence-electron chi connectivity index (χ3n) is 2.69. The lowest BCUT2D eigenvalue weighted by atomic mass is 10.2. The summed E-state index contributed by atoms with van der Waals surface area (Å²) in [6.07, 6.45) is 3.54. The molecule has 3 heterocycles. The van der Waals surface area contributed by atoms with E-state index in [0.717, 1.165) is 33.8 Å². The normalized spacial score (nSPS) is 11.1. The molecule has 0 aromatic carbocycles. The monoisotopic (exact) mass is 212 g/mol. The number of nitrogens with zero attached hydrogens (tertiary/aromatic N) is 2. The van der Waals surface area contributed by atoms with Gasteiger partial charge in [0.2, 0.25) is 0 Å². The summed E-state index contributed by atoms with van der Waals surface area (Å²) in [6, 6.07) is 4.00. The Labute approximate surface area is 92.8 Å². The van der Waals surface area contributed by atoms with Gasteiger partial charge in [0.1, 0.15) is 5.82 Å². The summed E-state index contributed by atoms with van der Waals surface area (Å²) in [5.41, 5.74) is 5.31. The van der Waals surface area contributed by atoms with Gasteiger partial charge in [-0.1, -0.05) is 0 Å². The Balaban J connectivity index is 2.22. The molecule has 2 N–H and O–H groups in total. The average Bonchev–Trinajstić information content (AvgIpc) is 2.81. The number of pyridine rings is 1. The summed E-state index contributed by atoms with van der Waals surface area (Å²) in [5, 5.41) is 0. The molecule has 3 aromatic heterocycles. The van der Waals surface area contributed by atoms with Gasteiger partial charge in [-0.15, -0.1) is 0 Å². The van der Waals surface area contributed by atoms with Crippen LogP contribution in [0.4, 0.5) is 0 Å². The van der Waals surface area contributed by atoms with Crippen molar-refractivity contribution in [1.82, 2.24) is 19.9 Å². The lowest BCUT2D eigenvalue weighted by molar-refractivity contribution is 1.18. The van der Waals surface area contributed by atoms with Crippen molar-refractivity contribution in [3.05, 3.63) is 35.9 Å². The SMILES string of the molecule is Cc1cc(-c2nc3ccncc3[nH]2)c(C)[nH]1. The van der Waals surface area contributed by atoms with Crippen LogP contribution < -0.4 is 0 Å². The van der Waals surface area contributed by atoms with E-state index in [0.29, 0.717) is 0 Å². The minimum absolute atomic E-state index is 0.893. The third kappa shape index (κ3) is 1.31. The Kier molecular flexibility index (Phi) is 1.83. The van der Waals surface area contributed by atoms with Crippen molar-refractivity contribution in [2.24, 2.45) is 0 Å². The van der Waals surface area contributed by atoms with Crippen LogP contribution >= 0.6 is 0 Å². The fourth-order valence-corrected chi connectivity index (χ4v) is 1.95. The average molecular weight is 212 g/mol. The fraction of sp³-hybridized carbons (Fsp3) is 0.167. The zero-order valence-corrected chi connectivity index (χ0v) is 9.20. The van der Waals surface area contributed by atoms with Crippen LogP contribution in [0.5, 0.6) is 0 Å². The van der Waals surface area contributed by atoms with Crippen LogP contribution in [-0.2, 0) is 0 Å². The molecular formula is C12H12N4. The lowest BCUT2D eigenvalue weighted by Crippen LogP contribution is -1.80. The summed E-state index contributed by atoms with van der Waals surface area (Å²) in [5.74, 6) is 0.893. The van der Waals surface area contributed by atoms with Crippen LogP contribution in [0.1, 0.15) is 11.4 Å². The molecule has 80 valence electrons. The maximum Gasteiger partial charge on any atom is 0.140 e. The molecule has 0 bridgehead atoms. The number of rotatable bonds is 1. The molecule has 0 aliphatic rings. The molecule has 16 heavy (non-hydrogen) atoms. The van der Waals surface area contributed by atoms with Crippen LogP contribution in [0, 0.1) is 13.8 Å². The first-order chi connectivity index (χ1) is 7.74. The smallest absolute Gasteiger partial charge is 0.140 e. The highest BCUT2D eigenvalue weighted by Crippen LogP contribution is 2.23. The first-order valence-electron chi connectivity index (χ1n) is 5.20. The lowest BCUT2D eigenvalue weighted by Gasteiger charge is -1.92. The number of fused-ring (bicyclic) bond motifs is 1. The van der Waals surface area contributed by atoms with E-state index < -0.39 is 0 Å². The number of imidazole rings is 1. The molecule has 3 rings (SSSR count). The molecular weight excluding hydrogens is 200 g/mol. The van der Waals surface area contributed by atoms with Gasteiger partial charge < -0.3 is 9.97 Å². The Hall–Kier alpha value is -2.10. The van der Waals surface area contributed by atoms with Gasteiger partial charge in [-0.2, -0.15) is 0 Å². The number of hydrogen-bond donors (Lipinski definition) is 2. The minimum atomic E-state index is 0.893. The highest BCUT2D eigenvalue weighted by atomic mass is 14.9. The van der Waals surface area contributed by atoms with Gasteiger partial charge in [0.25, 0.3) is 0 Å². The molecule has 0 saturated heterocycles. The van der Waals surface area contributed by atoms with Crippen LogP contribution in [-0.4, -0.2) is 19.9 Å². The van der Waals surface area contributed by atoms with Crippen molar-refractivity contribution in [3.8, 4) is 11.4 Å². The number of aromatic amines is 2. The summed E-state index contributed by atoms with van der Waals surface area (Å²) < 4.78 is 0. The van der Waals surface area contributed by atoms with Gasteiger partial charge in [0.15, 0.2) is 0 Å². The molecule has 0 spiro atoms. The Morgan fingerprint density at radius 3 is 2.75 bits per heavy atom. The molecule has 3 aromatic rings. The topological polar surface area (TPSA) is 57.4 Å². The van der Waals surface area contributed by atoms with E-state index in [9.17, 15) is 0 Å². The highest BCUT2D eigenvalue weighted by Gasteiger charge is 2.09. The van der Waals surface area contributed by atoms with Crippen LogP contribution in [0.3, 0.4) is 0 Å². The maximum absolute atomic E-state index is 4.54. The summed E-state index contributed by atoms with van der Waals surface area (Å²) in [6.45, 7) is 4.09. The van der Waals surface area contributed by atoms with E-state index in [1.807, 2.05) is 19.9 Å². The van der Waals surface area contributed by atoms with Gasteiger partial charge >= 0.3 is 0 Å². The number of aryl methyl sites for hydroxylation is 2. The van der Waals surface area contributed by atoms with Crippen LogP contribution in [0.15, 0.2) is 24.5 Å². The van der Waals surface area contributed by atoms with Crippen molar-refractivity contribution in [3.63, 3.8) is 0 Å². The van der Waals surface area contributed by atoms with Crippen molar-refractivity contribution in [1.29, 1.82) is 0 Å². The van der Waals surface area contributed by atoms with Crippen molar-refractivity contribution < 1.29 is 0 Å². The number of nitrogens with one attached hydrogen (secondary N) is 2. The van der Waals surface area contributed by atoms with Crippen molar-refractivity contribution >= 4 is 11.0 Å². The van der Waals surface area contributed by atoms with E-state index in [1.165, 1.54) is 0 Å². The zero-order valence-electron chi connectivity index (χ0n) is 9.20. The van der Waals surface area contributed by atoms with E-state index in [1.54, 1.807) is 12.4 Å². The van der Waals surface area contributed by atoms with E-state index in [-0.39, 0.29) is 0 Å². The Morgan fingerprint density at radius 2 is 2.06 bits per heavy atom. The standard InChI is InChI=1S/C12H12N4/c1-7-5-9(8(2)14-7)12-15-10-3-4-13-6-11(10)16-12/h3-6,14H,1-2H3,(H,15,16). The summed E-state index contributed by atoms with van der Waals surface area (Å²) in [7, 11) is 0. The molecule has 4 nitrogen and oxygen atoms in total. The molecule has 0 unspecified atom stereocenters. The summed E-state index contributed by atoms with van der Waals surface area (Å²) >= 11 is 0. The van der Waals surface area contributed by atoms with Crippen molar-refractivity contribution in [2.75, 3.05) is 0 Å². The van der Waals surface area contributed by atoms with Crippen LogP contribution in [0.25, 0.3) is 22.4 Å². The second kappa shape index (κ2) is 3.20. The predicted octanol–water partition coefficient (Wildman–Crippen LogP) is 2.57. The summed E-state index contributed by atoms with van der Waals surface area (Å²) in [4.78, 5) is 15.2. The number of aromatic nitrogens is 4. The van der Waals surface area contributed by atoms with Gasteiger partial charge in [-0.25, -0.2) is 4.98 Å². The first kappa shape index (κ1) is 9.15. The third-order valence-corrected chi connectivity index (χ3v) is 2.69. The molecule has 0 aliphatic carbocycles. The van der Waals surface area contributed by atoms with Gasteiger partial charge in [0.05, 0.1) is 17.2 Å². The number of H-pyrrole nitrogens is 2. The van der Waals surface area contributed by atoms with Crippen LogP contribution in [0.2, 0.25) is 0 Å². The molecule has 0 radical (unpaired) electrons. The van der Waals surface area contributed by atoms with E-state index >= 15 is 0 Å². The Bertz CT molecular complexity index is 615. The van der Waals surface area contributed by atoms with E-state index in [2.05, 4.69) is 26.0 Å². The quantitative estimate of drug-likeness (QED) is 0.651. The molecule has 0 atom stereocenters. The van der Waals surface area contributed by atoms with Gasteiger partial charge in [0, 0.05) is 23.1 Å². The van der Waals surface area contributed by atoms with Gasteiger partial charge in [-0.3, -0.25) is 4.98 Å². The maximum atomic E-state index is 4.54. The molecule has 0 fully saturated rings. The molecule has 4 heteroatoms. The number of hydrogen-bond acceptors (Lipinski definition) is 2. The Morgan fingerprint density at radius 1 is 1.19 bits per heavy atom. The second-order valence-corrected chi connectivity index (χ2v) is 3.97. The second-order valence-electron chi connectivity index (χ2n) is 3.97. The first-order valence-corrected chi connectivity index (χ1v) is 5.20. The molecule has 0 aliphatic heterocycles. The highest BCUT2D eigenvalue weighted by molar-refractivity contribution is 5.78. The zero-order chi connectivity index (χ0) is 11.1. The minimum Gasteiger partial charge on any atom is -0.362 e. The van der Waals surface area contributed by atoms with Crippen molar-refractivity contribution in [2.45, 2.75) is 13.8 Å². The molecule has 0 amide bonds. The van der Waals surface area contributed by atoms with Gasteiger partial charge in [-0.05, 0) is 26.0 Å².